The van der Waals surface area contributed by atoms with Crippen LogP contribution in [0.15, 0.2) is 54.6 Å². The molecule has 1 saturated carbocycles. The molecule has 0 bridgehead atoms. The molecule has 0 spiro atoms. The van der Waals surface area contributed by atoms with Gasteiger partial charge in [0.15, 0.2) is 0 Å². The molecular weight excluding hydrogens is 322 g/mol. The van der Waals surface area contributed by atoms with Crippen LogP contribution in [0, 0.1) is 5.92 Å². The van der Waals surface area contributed by atoms with E-state index in [1.807, 2.05) is 42.5 Å². The number of hydrogen-bond donors (Lipinski definition) is 1. The average Bonchev–Trinajstić information content (AvgIpc) is 2.60. The van der Waals surface area contributed by atoms with E-state index in [2.05, 4.69) is 5.32 Å². The zero-order valence-corrected chi connectivity index (χ0v) is 14.3. The van der Waals surface area contributed by atoms with Crippen LogP contribution in [0.2, 0.25) is 5.02 Å². The van der Waals surface area contributed by atoms with E-state index in [1.165, 1.54) is 0 Å². The Kier molecular flexibility index (Phi) is 5.76. The molecule has 0 unspecified atom stereocenters. The lowest BCUT2D eigenvalue weighted by atomic mass is 9.85. The van der Waals surface area contributed by atoms with E-state index in [9.17, 15) is 4.79 Å². The van der Waals surface area contributed by atoms with Crippen LogP contribution >= 0.6 is 11.6 Å². The zero-order chi connectivity index (χ0) is 16.8. The van der Waals surface area contributed by atoms with Gasteiger partial charge in [0.1, 0.15) is 5.75 Å². The van der Waals surface area contributed by atoms with Gasteiger partial charge in [-0.3, -0.25) is 4.79 Å². The van der Waals surface area contributed by atoms with Crippen LogP contribution in [0.3, 0.4) is 0 Å². The summed E-state index contributed by atoms with van der Waals surface area (Å²) in [7, 11) is 0. The van der Waals surface area contributed by atoms with E-state index >= 15 is 0 Å². The van der Waals surface area contributed by atoms with E-state index in [1.54, 1.807) is 12.1 Å². The van der Waals surface area contributed by atoms with Crippen molar-refractivity contribution < 1.29 is 9.53 Å². The number of amides is 1. The lowest BCUT2D eigenvalue weighted by Crippen LogP contribution is -2.26. The lowest BCUT2D eigenvalue weighted by molar-refractivity contribution is -0.117. The molecule has 3 nitrogen and oxygen atoms in total. The summed E-state index contributed by atoms with van der Waals surface area (Å²) in [5.41, 5.74) is 0.797. The molecule has 2 aromatic rings. The second-order valence-electron chi connectivity index (χ2n) is 6.33. The smallest absolute Gasteiger partial charge is 0.224 e. The molecule has 1 N–H and O–H groups in total. The molecule has 0 aromatic heterocycles. The Balaban J connectivity index is 1.41. The normalized spacial score (nSPS) is 20.4. The molecule has 1 fully saturated rings. The molecule has 3 rings (SSSR count). The van der Waals surface area contributed by atoms with Crippen LogP contribution in [0.5, 0.6) is 5.75 Å². The first-order valence-corrected chi connectivity index (χ1v) is 8.84. The predicted octanol–water partition coefficient (Wildman–Crippen LogP) is 5.31. The first-order valence-electron chi connectivity index (χ1n) is 8.46. The quantitative estimate of drug-likeness (QED) is 0.799. The van der Waals surface area contributed by atoms with Gasteiger partial charge in [0.05, 0.1) is 6.10 Å². The Morgan fingerprint density at radius 3 is 2.33 bits per heavy atom. The van der Waals surface area contributed by atoms with Crippen LogP contribution in [-0.2, 0) is 4.79 Å². The summed E-state index contributed by atoms with van der Waals surface area (Å²) in [6.45, 7) is 0. The van der Waals surface area contributed by atoms with Crippen molar-refractivity contribution in [3.8, 4) is 5.75 Å². The standard InChI is InChI=1S/C20H22ClNO2/c21-16-8-10-17(11-9-16)22-20(23)14-15-6-12-19(13-7-15)24-18-4-2-1-3-5-18/h1-5,8-11,15,19H,6-7,12-14H2,(H,22,23)/t15-,19+. The molecular formula is C20H22ClNO2. The number of carbonyl (C=O) groups excluding carboxylic acids is 1. The zero-order valence-electron chi connectivity index (χ0n) is 13.6. The van der Waals surface area contributed by atoms with E-state index < -0.39 is 0 Å². The average molecular weight is 344 g/mol. The third-order valence-electron chi connectivity index (χ3n) is 4.44. The maximum atomic E-state index is 12.2. The number of rotatable bonds is 5. The van der Waals surface area contributed by atoms with Gasteiger partial charge in [-0.05, 0) is 68.0 Å². The molecule has 0 heterocycles. The summed E-state index contributed by atoms with van der Waals surface area (Å²) in [5, 5.41) is 3.61. The monoisotopic (exact) mass is 343 g/mol. The van der Waals surface area contributed by atoms with Crippen LogP contribution in [0.25, 0.3) is 0 Å². The van der Waals surface area contributed by atoms with Crippen LogP contribution in [-0.4, -0.2) is 12.0 Å². The van der Waals surface area contributed by atoms with Gasteiger partial charge in [-0.2, -0.15) is 0 Å². The molecule has 0 aliphatic heterocycles. The topological polar surface area (TPSA) is 38.3 Å². The highest BCUT2D eigenvalue weighted by Crippen LogP contribution is 2.30. The van der Waals surface area contributed by atoms with Gasteiger partial charge in [0.2, 0.25) is 5.91 Å². The Morgan fingerprint density at radius 1 is 1.00 bits per heavy atom. The Hall–Kier alpha value is -2.00. The molecule has 0 saturated heterocycles. The minimum Gasteiger partial charge on any atom is -0.490 e. The lowest BCUT2D eigenvalue weighted by Gasteiger charge is -2.28. The highest BCUT2D eigenvalue weighted by molar-refractivity contribution is 6.30. The molecule has 0 atom stereocenters. The highest BCUT2D eigenvalue weighted by Gasteiger charge is 2.24. The number of nitrogens with one attached hydrogen (secondary N) is 1. The van der Waals surface area contributed by atoms with Gasteiger partial charge in [0.25, 0.3) is 0 Å². The fourth-order valence-electron chi connectivity index (χ4n) is 3.15. The summed E-state index contributed by atoms with van der Waals surface area (Å²) in [6, 6.07) is 17.2. The molecule has 1 aliphatic rings. The van der Waals surface area contributed by atoms with Gasteiger partial charge < -0.3 is 10.1 Å². The largest absolute Gasteiger partial charge is 0.490 e. The minimum absolute atomic E-state index is 0.0738. The second-order valence-corrected chi connectivity index (χ2v) is 6.77. The highest BCUT2D eigenvalue weighted by atomic mass is 35.5. The van der Waals surface area contributed by atoms with Crippen molar-refractivity contribution in [1.82, 2.24) is 0 Å². The number of para-hydroxylation sites is 1. The number of hydrogen-bond acceptors (Lipinski definition) is 2. The van der Waals surface area contributed by atoms with E-state index in [0.29, 0.717) is 17.4 Å². The maximum Gasteiger partial charge on any atom is 0.224 e. The molecule has 126 valence electrons. The van der Waals surface area contributed by atoms with Crippen molar-refractivity contribution >= 4 is 23.2 Å². The molecule has 1 amide bonds. The van der Waals surface area contributed by atoms with E-state index in [4.69, 9.17) is 16.3 Å². The number of halogens is 1. The van der Waals surface area contributed by atoms with E-state index in [-0.39, 0.29) is 12.0 Å². The van der Waals surface area contributed by atoms with Gasteiger partial charge in [0, 0.05) is 17.1 Å². The van der Waals surface area contributed by atoms with Crippen molar-refractivity contribution in [1.29, 1.82) is 0 Å². The molecule has 0 radical (unpaired) electrons. The third-order valence-corrected chi connectivity index (χ3v) is 4.69. The van der Waals surface area contributed by atoms with E-state index in [0.717, 1.165) is 37.1 Å². The summed E-state index contributed by atoms with van der Waals surface area (Å²) in [5.74, 6) is 1.44. The van der Waals surface area contributed by atoms with Crippen LogP contribution in [0.1, 0.15) is 32.1 Å². The predicted molar refractivity (Wildman–Crippen MR) is 97.5 cm³/mol. The third kappa shape index (κ3) is 5.00. The summed E-state index contributed by atoms with van der Waals surface area (Å²) in [4.78, 5) is 12.2. The van der Waals surface area contributed by atoms with Crippen molar-refractivity contribution in [2.24, 2.45) is 5.92 Å². The van der Waals surface area contributed by atoms with Crippen LogP contribution in [0.4, 0.5) is 5.69 Å². The first kappa shape index (κ1) is 16.8. The number of benzene rings is 2. The Morgan fingerprint density at radius 2 is 1.67 bits per heavy atom. The number of ether oxygens (including phenoxy) is 1. The summed E-state index contributed by atoms with van der Waals surface area (Å²) >= 11 is 5.85. The van der Waals surface area contributed by atoms with Crippen LogP contribution < -0.4 is 10.1 Å². The molecule has 1 aliphatic carbocycles. The maximum absolute atomic E-state index is 12.2. The molecule has 2 aromatic carbocycles. The fraction of sp³-hybridized carbons (Fsp3) is 0.350. The number of carbonyl (C=O) groups is 1. The van der Waals surface area contributed by atoms with Gasteiger partial charge in [-0.15, -0.1) is 0 Å². The Labute approximate surface area is 148 Å². The van der Waals surface area contributed by atoms with Crippen molar-refractivity contribution in [2.75, 3.05) is 5.32 Å². The summed E-state index contributed by atoms with van der Waals surface area (Å²) < 4.78 is 6.00. The van der Waals surface area contributed by atoms with Gasteiger partial charge in [-0.1, -0.05) is 29.8 Å². The second kappa shape index (κ2) is 8.20. The van der Waals surface area contributed by atoms with Gasteiger partial charge in [-0.25, -0.2) is 0 Å². The Bertz CT molecular complexity index is 649. The summed E-state index contributed by atoms with van der Waals surface area (Å²) in [6.07, 6.45) is 4.92. The minimum atomic E-state index is 0.0738. The van der Waals surface area contributed by atoms with Crippen molar-refractivity contribution in [3.63, 3.8) is 0 Å². The first-order chi connectivity index (χ1) is 11.7. The fourth-order valence-corrected chi connectivity index (χ4v) is 3.28. The molecule has 4 heteroatoms. The number of anilines is 1. The van der Waals surface area contributed by atoms with Crippen molar-refractivity contribution in [2.45, 2.75) is 38.2 Å². The molecule has 24 heavy (non-hydrogen) atoms. The van der Waals surface area contributed by atoms with Crippen molar-refractivity contribution in [3.05, 3.63) is 59.6 Å². The SMILES string of the molecule is O=C(C[C@H]1CC[C@@H](Oc2ccccc2)CC1)Nc1ccc(Cl)cc1. The van der Waals surface area contributed by atoms with Gasteiger partial charge >= 0.3 is 0 Å².